The summed E-state index contributed by atoms with van der Waals surface area (Å²) in [6.07, 6.45) is 2.73. The summed E-state index contributed by atoms with van der Waals surface area (Å²) >= 11 is 0. The summed E-state index contributed by atoms with van der Waals surface area (Å²) in [5, 5.41) is 3.02. The number of nitrogens with two attached hydrogens (primary N) is 1. The van der Waals surface area contributed by atoms with Gasteiger partial charge in [-0.3, -0.25) is 4.79 Å². The van der Waals surface area contributed by atoms with E-state index in [1.807, 2.05) is 0 Å². The van der Waals surface area contributed by atoms with Crippen molar-refractivity contribution in [1.29, 1.82) is 0 Å². The molecular formula is C16H24N2O. The number of nitrogens with one attached hydrogen (secondary N) is 1. The minimum atomic E-state index is 0.116. The van der Waals surface area contributed by atoms with Crippen molar-refractivity contribution in [2.75, 3.05) is 0 Å². The summed E-state index contributed by atoms with van der Waals surface area (Å²) in [7, 11) is 0. The molecule has 2 atom stereocenters. The summed E-state index contributed by atoms with van der Waals surface area (Å²) < 4.78 is 0. The van der Waals surface area contributed by atoms with Crippen molar-refractivity contribution in [3.63, 3.8) is 0 Å². The molecule has 0 aliphatic heterocycles. The van der Waals surface area contributed by atoms with Crippen molar-refractivity contribution < 1.29 is 4.79 Å². The maximum absolute atomic E-state index is 12.0. The molecule has 3 heteroatoms. The van der Waals surface area contributed by atoms with E-state index in [-0.39, 0.29) is 17.9 Å². The molecule has 0 aromatic heterocycles. The number of hydrogen-bond acceptors (Lipinski definition) is 2. The molecule has 0 bridgehead atoms. The molecule has 1 aliphatic rings. The molecule has 104 valence electrons. The topological polar surface area (TPSA) is 55.1 Å². The fourth-order valence-electron chi connectivity index (χ4n) is 2.61. The van der Waals surface area contributed by atoms with Crippen LogP contribution in [-0.4, -0.2) is 11.9 Å². The average Bonchev–Trinajstić information content (AvgIpc) is 2.83. The van der Waals surface area contributed by atoms with E-state index in [0.29, 0.717) is 12.5 Å². The Morgan fingerprint density at radius 2 is 2.00 bits per heavy atom. The van der Waals surface area contributed by atoms with Crippen LogP contribution >= 0.6 is 0 Å². The van der Waals surface area contributed by atoms with Crippen molar-refractivity contribution in [3.05, 3.63) is 35.4 Å². The zero-order valence-corrected chi connectivity index (χ0v) is 11.9. The molecule has 1 fully saturated rings. The van der Waals surface area contributed by atoms with Crippen LogP contribution in [-0.2, 0) is 11.3 Å². The molecule has 3 N–H and O–H groups in total. The highest BCUT2D eigenvalue weighted by atomic mass is 16.1. The van der Waals surface area contributed by atoms with Gasteiger partial charge in [-0.05, 0) is 36.3 Å². The SMILES string of the molecule is CC(C)c1ccc(CNC(=O)C2CCC(N)C2)cc1. The standard InChI is InChI=1S/C16H24N2O/c1-11(2)13-5-3-12(4-6-13)10-18-16(19)14-7-8-15(17)9-14/h3-6,11,14-15H,7-10,17H2,1-2H3,(H,18,19). The Kier molecular flexibility index (Phi) is 4.59. The van der Waals surface area contributed by atoms with Gasteiger partial charge in [0, 0.05) is 18.5 Å². The molecule has 2 unspecified atom stereocenters. The first kappa shape index (κ1) is 14.1. The summed E-state index contributed by atoms with van der Waals surface area (Å²) in [5.41, 5.74) is 8.32. The molecule has 2 rings (SSSR count). The van der Waals surface area contributed by atoms with Gasteiger partial charge < -0.3 is 11.1 Å². The van der Waals surface area contributed by atoms with E-state index in [4.69, 9.17) is 5.73 Å². The first-order chi connectivity index (χ1) is 9.06. The molecule has 1 aromatic carbocycles. The van der Waals surface area contributed by atoms with Gasteiger partial charge in [0.1, 0.15) is 0 Å². The van der Waals surface area contributed by atoms with Gasteiger partial charge in [0.15, 0.2) is 0 Å². The molecule has 0 saturated heterocycles. The lowest BCUT2D eigenvalue weighted by molar-refractivity contribution is -0.125. The second kappa shape index (κ2) is 6.20. The Labute approximate surface area is 115 Å². The van der Waals surface area contributed by atoms with Gasteiger partial charge in [0.25, 0.3) is 0 Å². The highest BCUT2D eigenvalue weighted by Gasteiger charge is 2.27. The molecule has 1 aromatic rings. The van der Waals surface area contributed by atoms with Crippen LogP contribution < -0.4 is 11.1 Å². The van der Waals surface area contributed by atoms with Gasteiger partial charge in [-0.1, -0.05) is 38.1 Å². The van der Waals surface area contributed by atoms with Crippen LogP contribution in [0.4, 0.5) is 0 Å². The lowest BCUT2D eigenvalue weighted by atomic mass is 10.0. The average molecular weight is 260 g/mol. The minimum absolute atomic E-state index is 0.116. The second-order valence-corrected chi connectivity index (χ2v) is 5.88. The molecule has 19 heavy (non-hydrogen) atoms. The van der Waals surface area contributed by atoms with E-state index in [1.54, 1.807) is 0 Å². The third kappa shape index (κ3) is 3.80. The number of carbonyl (C=O) groups excluding carboxylic acids is 1. The van der Waals surface area contributed by atoms with Gasteiger partial charge in [-0.2, -0.15) is 0 Å². The van der Waals surface area contributed by atoms with Gasteiger partial charge in [0.2, 0.25) is 5.91 Å². The maximum Gasteiger partial charge on any atom is 0.223 e. The lowest BCUT2D eigenvalue weighted by Gasteiger charge is -2.11. The normalized spacial score (nSPS) is 22.7. The number of amides is 1. The number of hydrogen-bond donors (Lipinski definition) is 2. The maximum atomic E-state index is 12.0. The lowest BCUT2D eigenvalue weighted by Crippen LogP contribution is -2.29. The monoisotopic (exact) mass is 260 g/mol. The molecule has 1 amide bonds. The van der Waals surface area contributed by atoms with Crippen molar-refractivity contribution in [2.45, 2.75) is 51.6 Å². The second-order valence-electron chi connectivity index (χ2n) is 5.88. The molecule has 0 heterocycles. The van der Waals surface area contributed by atoms with E-state index < -0.39 is 0 Å². The van der Waals surface area contributed by atoms with Crippen molar-refractivity contribution in [3.8, 4) is 0 Å². The van der Waals surface area contributed by atoms with Crippen LogP contribution in [0.25, 0.3) is 0 Å². The van der Waals surface area contributed by atoms with Gasteiger partial charge in [-0.25, -0.2) is 0 Å². The highest BCUT2D eigenvalue weighted by Crippen LogP contribution is 2.24. The van der Waals surface area contributed by atoms with Crippen molar-refractivity contribution >= 4 is 5.91 Å². The van der Waals surface area contributed by atoms with Crippen molar-refractivity contribution in [2.24, 2.45) is 11.7 Å². The molecule has 1 aliphatic carbocycles. The zero-order chi connectivity index (χ0) is 13.8. The van der Waals surface area contributed by atoms with E-state index in [9.17, 15) is 4.79 Å². The first-order valence-electron chi connectivity index (χ1n) is 7.18. The Bertz CT molecular complexity index is 425. The Morgan fingerprint density at radius 1 is 1.32 bits per heavy atom. The Morgan fingerprint density at radius 3 is 2.53 bits per heavy atom. The summed E-state index contributed by atoms with van der Waals surface area (Å²) in [6.45, 7) is 4.98. The Hall–Kier alpha value is -1.35. The largest absolute Gasteiger partial charge is 0.352 e. The molecule has 1 saturated carbocycles. The van der Waals surface area contributed by atoms with Gasteiger partial charge >= 0.3 is 0 Å². The Balaban J connectivity index is 1.83. The summed E-state index contributed by atoms with van der Waals surface area (Å²) in [4.78, 5) is 12.0. The smallest absolute Gasteiger partial charge is 0.223 e. The molecule has 0 spiro atoms. The molecule has 0 radical (unpaired) electrons. The predicted molar refractivity (Wildman–Crippen MR) is 77.7 cm³/mol. The summed E-state index contributed by atoms with van der Waals surface area (Å²) in [6, 6.07) is 8.67. The third-order valence-electron chi connectivity index (χ3n) is 3.96. The zero-order valence-electron chi connectivity index (χ0n) is 11.9. The van der Waals surface area contributed by atoms with Crippen LogP contribution in [0.2, 0.25) is 0 Å². The molecule has 3 nitrogen and oxygen atoms in total. The third-order valence-corrected chi connectivity index (χ3v) is 3.96. The van der Waals surface area contributed by atoms with Crippen LogP contribution in [0.15, 0.2) is 24.3 Å². The number of carbonyl (C=O) groups is 1. The fraction of sp³-hybridized carbons (Fsp3) is 0.562. The summed E-state index contributed by atoms with van der Waals surface area (Å²) in [5.74, 6) is 0.814. The minimum Gasteiger partial charge on any atom is -0.352 e. The predicted octanol–water partition coefficient (Wildman–Crippen LogP) is 2.55. The van der Waals surface area contributed by atoms with E-state index in [1.165, 1.54) is 5.56 Å². The number of benzene rings is 1. The van der Waals surface area contributed by atoms with Crippen LogP contribution in [0, 0.1) is 5.92 Å². The van der Waals surface area contributed by atoms with Crippen LogP contribution in [0.1, 0.15) is 50.2 Å². The van der Waals surface area contributed by atoms with Gasteiger partial charge in [0.05, 0.1) is 0 Å². The van der Waals surface area contributed by atoms with Crippen LogP contribution in [0.5, 0.6) is 0 Å². The highest BCUT2D eigenvalue weighted by molar-refractivity contribution is 5.79. The van der Waals surface area contributed by atoms with Crippen molar-refractivity contribution in [1.82, 2.24) is 5.32 Å². The first-order valence-corrected chi connectivity index (χ1v) is 7.18. The van der Waals surface area contributed by atoms with E-state index >= 15 is 0 Å². The number of rotatable bonds is 4. The van der Waals surface area contributed by atoms with E-state index in [0.717, 1.165) is 24.8 Å². The van der Waals surface area contributed by atoms with Crippen LogP contribution in [0.3, 0.4) is 0 Å². The van der Waals surface area contributed by atoms with Gasteiger partial charge in [-0.15, -0.1) is 0 Å². The quantitative estimate of drug-likeness (QED) is 0.874. The van der Waals surface area contributed by atoms with E-state index in [2.05, 4.69) is 43.4 Å². The fourth-order valence-corrected chi connectivity index (χ4v) is 2.61. The molecular weight excluding hydrogens is 236 g/mol.